The van der Waals surface area contributed by atoms with Crippen LogP contribution in [-0.2, 0) is 9.84 Å². The Balaban J connectivity index is 1.59. The summed E-state index contributed by atoms with van der Waals surface area (Å²) >= 11 is 0. The molecule has 0 bridgehead atoms. The molecule has 3 aliphatic heterocycles. The summed E-state index contributed by atoms with van der Waals surface area (Å²) in [6.07, 6.45) is 8.17. The molecule has 134 valence electrons. The van der Waals surface area contributed by atoms with E-state index in [1.165, 1.54) is 0 Å². The van der Waals surface area contributed by atoms with Gasteiger partial charge in [0.05, 0.1) is 11.5 Å². The molecule has 1 N–H and O–H groups in total. The summed E-state index contributed by atoms with van der Waals surface area (Å²) < 4.78 is 23.2. The molecule has 3 heterocycles. The van der Waals surface area contributed by atoms with Crippen LogP contribution in [0.4, 0.5) is 0 Å². The van der Waals surface area contributed by atoms with Gasteiger partial charge < -0.3 is 10.2 Å². The number of sulfone groups is 1. The summed E-state index contributed by atoms with van der Waals surface area (Å²) in [7, 11) is -2.83. The lowest BCUT2D eigenvalue weighted by Gasteiger charge is -2.25. The third-order valence-corrected chi connectivity index (χ3v) is 6.89. The maximum atomic E-state index is 11.6. The second-order valence-corrected chi connectivity index (χ2v) is 9.15. The quantitative estimate of drug-likeness (QED) is 0.443. The summed E-state index contributed by atoms with van der Waals surface area (Å²) in [6, 6.07) is 0.572. The largest absolute Gasteiger partial charge is 0.353 e. The summed E-state index contributed by atoms with van der Waals surface area (Å²) in [6.45, 7) is 9.09. The Bertz CT molecular complexity index is 606. The van der Waals surface area contributed by atoms with Crippen molar-refractivity contribution in [2.75, 3.05) is 50.8 Å². The monoisotopic (exact) mass is 352 g/mol. The highest BCUT2D eigenvalue weighted by Crippen LogP contribution is 2.20. The first-order valence-electron chi connectivity index (χ1n) is 8.81. The van der Waals surface area contributed by atoms with Gasteiger partial charge in [0, 0.05) is 45.3 Å². The number of likely N-dealkylation sites (tertiary alicyclic amines) is 1. The van der Waals surface area contributed by atoms with Gasteiger partial charge in [-0.3, -0.25) is 9.89 Å². The SMILES string of the molecule is C=CCNC(=NCC1CCS(=O)(=O)C1)N1CCC(N2CC=CC2)C1. The minimum absolute atomic E-state index is 0.164. The van der Waals surface area contributed by atoms with E-state index in [0.29, 0.717) is 24.9 Å². The Kier molecular flexibility index (Phi) is 5.61. The molecule has 0 aromatic carbocycles. The molecule has 2 unspecified atom stereocenters. The maximum absolute atomic E-state index is 11.6. The highest BCUT2D eigenvalue weighted by molar-refractivity contribution is 7.91. The van der Waals surface area contributed by atoms with Gasteiger partial charge in [-0.2, -0.15) is 0 Å². The van der Waals surface area contributed by atoms with Crippen LogP contribution in [-0.4, -0.2) is 81.0 Å². The number of hydrogen-bond acceptors (Lipinski definition) is 4. The average molecular weight is 353 g/mol. The molecule has 2 saturated heterocycles. The lowest BCUT2D eigenvalue weighted by atomic mass is 10.1. The molecule has 6 nitrogen and oxygen atoms in total. The standard InChI is InChI=1S/C17H28N4O2S/c1-2-7-18-17(19-12-15-6-11-24(22,23)14-15)21-10-5-16(13-21)20-8-3-4-9-20/h2-4,15-16H,1,5-14H2,(H,18,19). The third-order valence-electron chi connectivity index (χ3n) is 5.06. The predicted molar refractivity (Wildman–Crippen MR) is 98.0 cm³/mol. The van der Waals surface area contributed by atoms with E-state index in [2.05, 4.69) is 33.8 Å². The summed E-state index contributed by atoms with van der Waals surface area (Å²) in [5, 5.41) is 3.34. The molecule has 0 aromatic heterocycles. The van der Waals surface area contributed by atoms with Crippen molar-refractivity contribution in [3.05, 3.63) is 24.8 Å². The van der Waals surface area contributed by atoms with E-state index >= 15 is 0 Å². The minimum atomic E-state index is -2.83. The molecule has 7 heteroatoms. The van der Waals surface area contributed by atoms with E-state index in [9.17, 15) is 8.42 Å². The van der Waals surface area contributed by atoms with Crippen LogP contribution in [0.1, 0.15) is 12.8 Å². The van der Waals surface area contributed by atoms with Crippen LogP contribution in [0.25, 0.3) is 0 Å². The fourth-order valence-corrected chi connectivity index (χ4v) is 5.54. The van der Waals surface area contributed by atoms with Crippen molar-refractivity contribution < 1.29 is 8.42 Å². The summed E-state index contributed by atoms with van der Waals surface area (Å²) in [4.78, 5) is 9.53. The van der Waals surface area contributed by atoms with E-state index in [0.717, 1.165) is 45.0 Å². The van der Waals surface area contributed by atoms with Gasteiger partial charge >= 0.3 is 0 Å². The molecular formula is C17H28N4O2S. The van der Waals surface area contributed by atoms with Gasteiger partial charge in [-0.25, -0.2) is 8.42 Å². The zero-order chi connectivity index (χ0) is 17.0. The first-order valence-corrected chi connectivity index (χ1v) is 10.6. The molecule has 0 radical (unpaired) electrons. The van der Waals surface area contributed by atoms with Crippen LogP contribution >= 0.6 is 0 Å². The zero-order valence-corrected chi connectivity index (χ0v) is 15.0. The van der Waals surface area contributed by atoms with Gasteiger partial charge in [-0.05, 0) is 18.8 Å². The molecule has 0 spiro atoms. The first-order chi connectivity index (χ1) is 11.6. The molecule has 0 saturated carbocycles. The van der Waals surface area contributed by atoms with Gasteiger partial charge in [0.2, 0.25) is 0 Å². The predicted octanol–water partition coefficient (Wildman–Crippen LogP) is 0.499. The number of nitrogens with one attached hydrogen (secondary N) is 1. The van der Waals surface area contributed by atoms with E-state index in [4.69, 9.17) is 4.99 Å². The summed E-state index contributed by atoms with van der Waals surface area (Å²) in [5.74, 6) is 1.66. The van der Waals surface area contributed by atoms with E-state index < -0.39 is 9.84 Å². The lowest BCUT2D eigenvalue weighted by Crippen LogP contribution is -2.43. The topological polar surface area (TPSA) is 65.0 Å². The van der Waals surface area contributed by atoms with E-state index in [-0.39, 0.29) is 11.7 Å². The van der Waals surface area contributed by atoms with Crippen molar-refractivity contribution in [2.24, 2.45) is 10.9 Å². The zero-order valence-electron chi connectivity index (χ0n) is 14.2. The van der Waals surface area contributed by atoms with Crippen molar-refractivity contribution in [2.45, 2.75) is 18.9 Å². The van der Waals surface area contributed by atoms with Crippen LogP contribution in [0.15, 0.2) is 29.8 Å². The highest BCUT2D eigenvalue weighted by Gasteiger charge is 2.31. The number of rotatable bonds is 5. The molecule has 0 aromatic rings. The van der Waals surface area contributed by atoms with Gasteiger partial charge in [0.1, 0.15) is 0 Å². The van der Waals surface area contributed by atoms with Crippen LogP contribution < -0.4 is 5.32 Å². The molecule has 2 atom stereocenters. The maximum Gasteiger partial charge on any atom is 0.194 e. The van der Waals surface area contributed by atoms with Crippen LogP contribution in [0.5, 0.6) is 0 Å². The molecular weight excluding hydrogens is 324 g/mol. The van der Waals surface area contributed by atoms with E-state index in [1.54, 1.807) is 0 Å². The third kappa shape index (κ3) is 4.39. The van der Waals surface area contributed by atoms with Gasteiger partial charge in [0.15, 0.2) is 15.8 Å². The fraction of sp³-hybridized carbons (Fsp3) is 0.706. The molecule has 3 rings (SSSR count). The first kappa shape index (κ1) is 17.5. The molecule has 0 aliphatic carbocycles. The van der Waals surface area contributed by atoms with Crippen molar-refractivity contribution in [1.29, 1.82) is 0 Å². The van der Waals surface area contributed by atoms with Gasteiger partial charge in [0.25, 0.3) is 0 Å². The van der Waals surface area contributed by atoms with Crippen LogP contribution in [0, 0.1) is 5.92 Å². The number of aliphatic imine (C=N–C) groups is 1. The number of guanidine groups is 1. The molecule has 3 aliphatic rings. The Morgan fingerprint density at radius 1 is 1.33 bits per heavy atom. The van der Waals surface area contributed by atoms with Crippen LogP contribution in [0.2, 0.25) is 0 Å². The minimum Gasteiger partial charge on any atom is -0.353 e. The van der Waals surface area contributed by atoms with Crippen LogP contribution in [0.3, 0.4) is 0 Å². The fourth-order valence-electron chi connectivity index (χ4n) is 3.69. The normalized spacial score (nSPS) is 30.2. The van der Waals surface area contributed by atoms with Crippen molar-refractivity contribution in [3.63, 3.8) is 0 Å². The van der Waals surface area contributed by atoms with E-state index in [1.807, 2.05) is 6.08 Å². The Morgan fingerprint density at radius 2 is 2.12 bits per heavy atom. The Hall–Kier alpha value is -1.34. The number of hydrogen-bond donors (Lipinski definition) is 1. The molecule has 24 heavy (non-hydrogen) atoms. The van der Waals surface area contributed by atoms with Crippen molar-refractivity contribution >= 4 is 15.8 Å². The second-order valence-electron chi connectivity index (χ2n) is 6.92. The van der Waals surface area contributed by atoms with Gasteiger partial charge in [-0.15, -0.1) is 6.58 Å². The van der Waals surface area contributed by atoms with Crippen molar-refractivity contribution in [3.8, 4) is 0 Å². The Labute approximate surface area is 145 Å². The number of nitrogens with zero attached hydrogens (tertiary/aromatic N) is 3. The highest BCUT2D eigenvalue weighted by atomic mass is 32.2. The Morgan fingerprint density at radius 3 is 2.79 bits per heavy atom. The smallest absolute Gasteiger partial charge is 0.194 e. The summed E-state index contributed by atoms with van der Waals surface area (Å²) in [5.41, 5.74) is 0. The van der Waals surface area contributed by atoms with Gasteiger partial charge in [-0.1, -0.05) is 18.2 Å². The molecule has 0 amide bonds. The second kappa shape index (κ2) is 7.70. The molecule has 2 fully saturated rings. The lowest BCUT2D eigenvalue weighted by molar-refractivity contribution is 0.259. The van der Waals surface area contributed by atoms with Crippen molar-refractivity contribution in [1.82, 2.24) is 15.1 Å². The average Bonchev–Trinajstić information content (AvgIpc) is 3.27.